The maximum Gasteiger partial charge on any atom is 0.274 e. The molecule has 8 nitrogen and oxygen atoms in total. The van der Waals surface area contributed by atoms with Gasteiger partial charge in [-0.1, -0.05) is 43.3 Å². The molecule has 36 heavy (non-hydrogen) atoms. The van der Waals surface area contributed by atoms with Crippen molar-refractivity contribution in [3.05, 3.63) is 53.2 Å². The highest BCUT2D eigenvalue weighted by molar-refractivity contribution is 6.02. The zero-order valence-electron chi connectivity index (χ0n) is 21.0. The van der Waals surface area contributed by atoms with Crippen molar-refractivity contribution in [2.75, 3.05) is 32.8 Å². The van der Waals surface area contributed by atoms with E-state index in [1.54, 1.807) is 6.07 Å². The molecule has 0 unspecified atom stereocenters. The van der Waals surface area contributed by atoms with Gasteiger partial charge in [-0.2, -0.15) is 0 Å². The number of phenols is 2. The van der Waals surface area contributed by atoms with Crippen LogP contribution in [0.3, 0.4) is 0 Å². The Morgan fingerprint density at radius 3 is 2.42 bits per heavy atom. The molecular weight excluding hydrogens is 458 g/mol. The van der Waals surface area contributed by atoms with E-state index in [9.17, 15) is 15.0 Å². The first kappa shape index (κ1) is 24.3. The van der Waals surface area contributed by atoms with Gasteiger partial charge in [0.25, 0.3) is 5.91 Å². The van der Waals surface area contributed by atoms with Crippen LogP contribution in [-0.4, -0.2) is 59.0 Å². The third-order valence-electron chi connectivity index (χ3n) is 7.31. The molecule has 3 aromatic rings. The van der Waals surface area contributed by atoms with E-state index in [0.717, 1.165) is 44.7 Å². The highest BCUT2D eigenvalue weighted by Gasteiger charge is 2.49. The van der Waals surface area contributed by atoms with Crippen molar-refractivity contribution >= 4 is 5.91 Å². The molecule has 1 aliphatic carbocycles. The second kappa shape index (κ2) is 9.59. The van der Waals surface area contributed by atoms with Crippen molar-refractivity contribution in [2.45, 2.75) is 45.1 Å². The van der Waals surface area contributed by atoms with Crippen LogP contribution >= 0.6 is 0 Å². The molecule has 2 heterocycles. The van der Waals surface area contributed by atoms with Gasteiger partial charge in [-0.05, 0) is 48.4 Å². The molecular formula is C28H33N3O5. The monoisotopic (exact) mass is 491 g/mol. The fraction of sp³-hybridized carbons (Fsp3) is 0.429. The summed E-state index contributed by atoms with van der Waals surface area (Å²) in [6, 6.07) is 11.2. The second-order valence-electron chi connectivity index (χ2n) is 9.89. The smallest absolute Gasteiger partial charge is 0.274 e. The van der Waals surface area contributed by atoms with Crippen molar-refractivity contribution in [3.8, 4) is 33.9 Å². The predicted octanol–water partition coefficient (Wildman–Crippen LogP) is 4.61. The Hall–Kier alpha value is -3.36. The number of carbonyl (C=O) groups excluding carboxylic acids is 1. The average Bonchev–Trinajstić information content (AvgIpc) is 3.57. The van der Waals surface area contributed by atoms with Gasteiger partial charge in [-0.3, -0.25) is 9.69 Å². The minimum atomic E-state index is -0.346. The van der Waals surface area contributed by atoms with Gasteiger partial charge in [0.1, 0.15) is 11.5 Å². The molecule has 1 aliphatic heterocycles. The molecule has 5 rings (SSSR count). The number of amides is 1. The molecule has 8 heteroatoms. The lowest BCUT2D eigenvalue weighted by molar-refractivity contribution is 0.00835. The molecule has 1 saturated carbocycles. The van der Waals surface area contributed by atoms with Gasteiger partial charge < -0.3 is 24.8 Å². The van der Waals surface area contributed by atoms with Gasteiger partial charge in [0, 0.05) is 31.2 Å². The van der Waals surface area contributed by atoms with Crippen LogP contribution in [0.2, 0.25) is 0 Å². The van der Waals surface area contributed by atoms with Gasteiger partial charge in [-0.25, -0.2) is 0 Å². The van der Waals surface area contributed by atoms with Crippen LogP contribution in [-0.2, 0) is 10.3 Å². The summed E-state index contributed by atoms with van der Waals surface area (Å²) in [4.78, 5) is 15.4. The molecule has 2 aromatic carbocycles. The second-order valence-corrected chi connectivity index (χ2v) is 9.89. The number of phenolic OH excluding ortho intramolecular Hbond substituents is 2. The van der Waals surface area contributed by atoms with E-state index >= 15 is 0 Å². The summed E-state index contributed by atoms with van der Waals surface area (Å²) < 4.78 is 11.2. The standard InChI is InChI=1S/C28H33N3O5/c1-4-29-27(34)25-24(26(36-30-25)21-15-20(17(2)3)22(32)16-23(21)33)18-5-7-19(8-6-18)28(9-10-28)31-11-13-35-14-12-31/h5-8,15-17,32-33H,4,9-14H2,1-3H3,(H,29,34). The van der Waals surface area contributed by atoms with Crippen LogP contribution < -0.4 is 5.32 Å². The summed E-state index contributed by atoms with van der Waals surface area (Å²) in [6.45, 7) is 9.57. The molecule has 3 N–H and O–H groups in total. The first-order chi connectivity index (χ1) is 17.4. The van der Waals surface area contributed by atoms with Gasteiger partial charge in [0.05, 0.1) is 24.3 Å². The van der Waals surface area contributed by atoms with Gasteiger partial charge >= 0.3 is 0 Å². The number of hydrogen-bond donors (Lipinski definition) is 3. The number of rotatable bonds is 7. The van der Waals surface area contributed by atoms with Crippen LogP contribution in [0.25, 0.3) is 22.5 Å². The van der Waals surface area contributed by atoms with E-state index in [0.29, 0.717) is 23.2 Å². The molecule has 0 radical (unpaired) electrons. The summed E-state index contributed by atoms with van der Waals surface area (Å²) in [7, 11) is 0. The molecule has 1 saturated heterocycles. The summed E-state index contributed by atoms with van der Waals surface area (Å²) in [6.07, 6.45) is 2.24. The zero-order chi connectivity index (χ0) is 25.4. The summed E-state index contributed by atoms with van der Waals surface area (Å²) in [5, 5.41) is 27.9. The number of morpholine rings is 1. The number of carbonyl (C=O) groups is 1. The minimum Gasteiger partial charge on any atom is -0.508 e. The van der Waals surface area contributed by atoms with E-state index < -0.39 is 0 Å². The molecule has 0 atom stereocenters. The van der Waals surface area contributed by atoms with E-state index in [-0.39, 0.29) is 40.3 Å². The number of nitrogens with zero attached hydrogens (tertiary/aromatic N) is 2. The largest absolute Gasteiger partial charge is 0.508 e. The van der Waals surface area contributed by atoms with Crippen molar-refractivity contribution < 1.29 is 24.3 Å². The van der Waals surface area contributed by atoms with E-state index in [1.165, 1.54) is 11.6 Å². The lowest BCUT2D eigenvalue weighted by Gasteiger charge is -2.35. The quantitative estimate of drug-likeness (QED) is 0.443. The normalized spacial score (nSPS) is 17.3. The third kappa shape index (κ3) is 4.24. The fourth-order valence-electron chi connectivity index (χ4n) is 5.22. The van der Waals surface area contributed by atoms with Crippen LogP contribution in [0.15, 0.2) is 40.9 Å². The maximum atomic E-state index is 12.9. The number of nitrogens with one attached hydrogen (secondary N) is 1. The van der Waals surface area contributed by atoms with Crippen LogP contribution in [0.1, 0.15) is 61.1 Å². The summed E-state index contributed by atoms with van der Waals surface area (Å²) >= 11 is 0. The molecule has 2 fully saturated rings. The first-order valence-corrected chi connectivity index (χ1v) is 12.6. The topological polar surface area (TPSA) is 108 Å². The molecule has 2 aliphatic rings. The third-order valence-corrected chi connectivity index (χ3v) is 7.31. The zero-order valence-corrected chi connectivity index (χ0v) is 21.0. The molecule has 0 spiro atoms. The highest BCUT2D eigenvalue weighted by atomic mass is 16.5. The average molecular weight is 492 g/mol. The lowest BCUT2D eigenvalue weighted by Crippen LogP contribution is -2.43. The van der Waals surface area contributed by atoms with Gasteiger partial charge in [-0.15, -0.1) is 0 Å². The number of benzene rings is 2. The Bertz CT molecular complexity index is 1250. The predicted molar refractivity (Wildman–Crippen MR) is 136 cm³/mol. The number of aromatic hydroxyl groups is 2. The Kier molecular flexibility index (Phi) is 6.49. The lowest BCUT2D eigenvalue weighted by atomic mass is 9.93. The van der Waals surface area contributed by atoms with Crippen LogP contribution in [0, 0.1) is 0 Å². The molecule has 1 amide bonds. The van der Waals surface area contributed by atoms with E-state index in [4.69, 9.17) is 9.26 Å². The molecule has 0 bridgehead atoms. The van der Waals surface area contributed by atoms with Crippen molar-refractivity contribution in [1.29, 1.82) is 0 Å². The summed E-state index contributed by atoms with van der Waals surface area (Å²) in [5.41, 5.74) is 3.80. The van der Waals surface area contributed by atoms with Gasteiger partial charge in [0.15, 0.2) is 11.5 Å². The maximum absolute atomic E-state index is 12.9. The number of aromatic nitrogens is 1. The Morgan fingerprint density at radius 2 is 1.81 bits per heavy atom. The van der Waals surface area contributed by atoms with Crippen molar-refractivity contribution in [2.24, 2.45) is 0 Å². The van der Waals surface area contributed by atoms with Crippen molar-refractivity contribution in [3.63, 3.8) is 0 Å². The van der Waals surface area contributed by atoms with Gasteiger partial charge in [0.2, 0.25) is 0 Å². The SMILES string of the molecule is CCNC(=O)c1noc(-c2cc(C(C)C)c(O)cc2O)c1-c1ccc(C2(N3CCOCC3)CC2)cc1. The van der Waals surface area contributed by atoms with Crippen molar-refractivity contribution in [1.82, 2.24) is 15.4 Å². The van der Waals surface area contributed by atoms with E-state index in [2.05, 4.69) is 27.5 Å². The molecule has 190 valence electrons. The Balaban J connectivity index is 1.58. The number of ether oxygens (including phenoxy) is 1. The highest BCUT2D eigenvalue weighted by Crippen LogP contribution is 2.52. The molecule has 1 aromatic heterocycles. The summed E-state index contributed by atoms with van der Waals surface area (Å²) in [5.74, 6) is -0.164. The van der Waals surface area contributed by atoms with Crippen LogP contribution in [0.4, 0.5) is 0 Å². The first-order valence-electron chi connectivity index (χ1n) is 12.6. The number of hydrogen-bond acceptors (Lipinski definition) is 7. The van der Waals surface area contributed by atoms with E-state index in [1.807, 2.05) is 32.9 Å². The fourth-order valence-corrected chi connectivity index (χ4v) is 5.22. The minimum absolute atomic E-state index is 0.0125. The van der Waals surface area contributed by atoms with Crippen LogP contribution in [0.5, 0.6) is 11.5 Å². The Morgan fingerprint density at radius 1 is 1.11 bits per heavy atom. The Labute approximate surface area is 210 Å².